The minimum absolute atomic E-state index is 0.241. The Morgan fingerprint density at radius 2 is 2.04 bits per heavy atom. The van der Waals surface area contributed by atoms with Gasteiger partial charge in [-0.15, -0.1) is 0 Å². The van der Waals surface area contributed by atoms with Crippen molar-refractivity contribution in [3.05, 3.63) is 65.6 Å². The molecule has 3 rings (SSSR count). The lowest BCUT2D eigenvalue weighted by Gasteiger charge is -2.04. The van der Waals surface area contributed by atoms with Crippen molar-refractivity contribution in [2.45, 2.75) is 13.0 Å². The highest BCUT2D eigenvalue weighted by atomic mass is 35.5. The van der Waals surface area contributed by atoms with Crippen LogP contribution in [0.25, 0.3) is 11.3 Å². The summed E-state index contributed by atoms with van der Waals surface area (Å²) in [7, 11) is 0. The second-order valence-electron chi connectivity index (χ2n) is 5.12. The van der Waals surface area contributed by atoms with Crippen LogP contribution in [0.3, 0.4) is 0 Å². The zero-order valence-electron chi connectivity index (χ0n) is 12.4. The Kier molecular flexibility index (Phi) is 4.78. The quantitative estimate of drug-likeness (QED) is 0.703. The predicted octanol–water partition coefficient (Wildman–Crippen LogP) is 3.62. The van der Waals surface area contributed by atoms with E-state index in [0.29, 0.717) is 17.3 Å². The third kappa shape index (κ3) is 4.02. The van der Waals surface area contributed by atoms with Crippen LogP contribution in [0.5, 0.6) is 0 Å². The van der Waals surface area contributed by atoms with Gasteiger partial charge < -0.3 is 14.4 Å². The van der Waals surface area contributed by atoms with Crippen molar-refractivity contribution < 1.29 is 9.32 Å². The van der Waals surface area contributed by atoms with E-state index in [1.54, 1.807) is 18.2 Å². The van der Waals surface area contributed by atoms with Gasteiger partial charge in [0, 0.05) is 42.1 Å². The van der Waals surface area contributed by atoms with Gasteiger partial charge in [0.1, 0.15) is 0 Å². The molecule has 0 atom stereocenters. The van der Waals surface area contributed by atoms with Gasteiger partial charge in [0.25, 0.3) is 5.91 Å². The van der Waals surface area contributed by atoms with Crippen LogP contribution in [0.4, 0.5) is 0 Å². The molecule has 3 aromatic rings. The van der Waals surface area contributed by atoms with Crippen molar-refractivity contribution in [1.82, 2.24) is 15.0 Å². The maximum Gasteiger partial charge on any atom is 0.273 e. The summed E-state index contributed by atoms with van der Waals surface area (Å²) in [6.07, 6.45) is 4.84. The van der Waals surface area contributed by atoms with E-state index in [0.717, 1.165) is 18.5 Å². The SMILES string of the molecule is O=C(NCCCn1cccc1)c1cc(-c2cccc(Cl)c2)on1. The number of halogens is 1. The van der Waals surface area contributed by atoms with E-state index in [-0.39, 0.29) is 11.6 Å². The molecule has 118 valence electrons. The first-order valence-electron chi connectivity index (χ1n) is 7.34. The maximum absolute atomic E-state index is 12.1. The van der Waals surface area contributed by atoms with Crippen LogP contribution in [-0.2, 0) is 6.54 Å². The van der Waals surface area contributed by atoms with E-state index in [4.69, 9.17) is 16.1 Å². The Bertz CT molecular complexity index is 781. The number of amides is 1. The Labute approximate surface area is 138 Å². The van der Waals surface area contributed by atoms with E-state index in [1.165, 1.54) is 0 Å². The lowest BCUT2D eigenvalue weighted by atomic mass is 10.1. The lowest BCUT2D eigenvalue weighted by molar-refractivity contribution is 0.0944. The van der Waals surface area contributed by atoms with Gasteiger partial charge in [0.2, 0.25) is 0 Å². The van der Waals surface area contributed by atoms with Crippen molar-refractivity contribution in [3.63, 3.8) is 0 Å². The number of hydrogen-bond donors (Lipinski definition) is 1. The Hall–Kier alpha value is -2.53. The standard InChI is InChI=1S/C17H16ClN3O2/c18-14-6-3-5-13(11-14)16-12-15(20-23-16)17(22)19-7-4-10-21-8-1-2-9-21/h1-3,5-6,8-9,11-12H,4,7,10H2,(H,19,22). The molecule has 5 nitrogen and oxygen atoms in total. The van der Waals surface area contributed by atoms with Crippen LogP contribution in [-0.4, -0.2) is 22.2 Å². The second-order valence-corrected chi connectivity index (χ2v) is 5.55. The molecule has 6 heteroatoms. The molecular formula is C17H16ClN3O2. The minimum atomic E-state index is -0.241. The average molecular weight is 330 g/mol. The van der Waals surface area contributed by atoms with Gasteiger partial charge in [0.05, 0.1) is 0 Å². The van der Waals surface area contributed by atoms with E-state index in [2.05, 4.69) is 15.0 Å². The van der Waals surface area contributed by atoms with Crippen molar-refractivity contribution in [3.8, 4) is 11.3 Å². The van der Waals surface area contributed by atoms with Crippen molar-refractivity contribution >= 4 is 17.5 Å². The smallest absolute Gasteiger partial charge is 0.273 e. The van der Waals surface area contributed by atoms with E-state index >= 15 is 0 Å². The molecule has 0 aliphatic rings. The Morgan fingerprint density at radius 1 is 1.22 bits per heavy atom. The number of carbonyl (C=O) groups excluding carboxylic acids is 1. The summed E-state index contributed by atoms with van der Waals surface area (Å²) in [4.78, 5) is 12.1. The predicted molar refractivity (Wildman–Crippen MR) is 88.3 cm³/mol. The maximum atomic E-state index is 12.1. The molecule has 1 amide bonds. The number of aryl methyl sites for hydroxylation is 1. The molecule has 0 aliphatic carbocycles. The fraction of sp³-hybridized carbons (Fsp3) is 0.176. The van der Waals surface area contributed by atoms with Gasteiger partial charge in [-0.1, -0.05) is 28.9 Å². The largest absolute Gasteiger partial charge is 0.355 e. The molecule has 1 N–H and O–H groups in total. The molecule has 2 aromatic heterocycles. The second kappa shape index (κ2) is 7.15. The van der Waals surface area contributed by atoms with E-state index < -0.39 is 0 Å². The normalized spacial score (nSPS) is 10.7. The monoisotopic (exact) mass is 329 g/mol. The molecule has 0 bridgehead atoms. The summed E-state index contributed by atoms with van der Waals surface area (Å²) in [6.45, 7) is 1.44. The van der Waals surface area contributed by atoms with Crippen LogP contribution in [0.15, 0.2) is 59.4 Å². The van der Waals surface area contributed by atoms with Crippen molar-refractivity contribution in [2.24, 2.45) is 0 Å². The highest BCUT2D eigenvalue weighted by Crippen LogP contribution is 2.23. The van der Waals surface area contributed by atoms with Gasteiger partial charge in [-0.05, 0) is 30.7 Å². The summed E-state index contributed by atoms with van der Waals surface area (Å²) >= 11 is 5.95. The number of benzene rings is 1. The molecule has 2 heterocycles. The molecule has 1 aromatic carbocycles. The van der Waals surface area contributed by atoms with Crippen LogP contribution in [0.2, 0.25) is 5.02 Å². The van der Waals surface area contributed by atoms with Crippen LogP contribution in [0.1, 0.15) is 16.9 Å². The van der Waals surface area contributed by atoms with Crippen molar-refractivity contribution in [2.75, 3.05) is 6.54 Å². The number of carbonyl (C=O) groups is 1. The number of nitrogens with zero attached hydrogens (tertiary/aromatic N) is 2. The first-order chi connectivity index (χ1) is 11.2. The Morgan fingerprint density at radius 3 is 2.83 bits per heavy atom. The fourth-order valence-corrected chi connectivity index (χ4v) is 2.42. The number of hydrogen-bond acceptors (Lipinski definition) is 3. The third-order valence-corrected chi connectivity index (χ3v) is 3.63. The van der Waals surface area contributed by atoms with Gasteiger partial charge in [-0.2, -0.15) is 0 Å². The minimum Gasteiger partial charge on any atom is -0.355 e. The summed E-state index contributed by atoms with van der Waals surface area (Å²) in [5, 5.41) is 7.26. The summed E-state index contributed by atoms with van der Waals surface area (Å²) in [6, 6.07) is 12.8. The first-order valence-corrected chi connectivity index (χ1v) is 7.72. The molecule has 0 fully saturated rings. The summed E-state index contributed by atoms with van der Waals surface area (Å²) in [5.74, 6) is 0.277. The molecule has 23 heavy (non-hydrogen) atoms. The molecule has 0 spiro atoms. The average Bonchev–Trinajstić information content (AvgIpc) is 3.23. The van der Waals surface area contributed by atoms with Crippen LogP contribution < -0.4 is 5.32 Å². The molecule has 0 saturated heterocycles. The zero-order chi connectivity index (χ0) is 16.1. The third-order valence-electron chi connectivity index (χ3n) is 3.40. The summed E-state index contributed by atoms with van der Waals surface area (Å²) in [5.41, 5.74) is 1.05. The highest BCUT2D eigenvalue weighted by Gasteiger charge is 2.13. The Balaban J connectivity index is 1.54. The van der Waals surface area contributed by atoms with Gasteiger partial charge in [-0.25, -0.2) is 0 Å². The van der Waals surface area contributed by atoms with E-state index in [1.807, 2.05) is 36.7 Å². The topological polar surface area (TPSA) is 60.1 Å². The van der Waals surface area contributed by atoms with Gasteiger partial charge in [-0.3, -0.25) is 4.79 Å². The fourth-order valence-electron chi connectivity index (χ4n) is 2.23. The van der Waals surface area contributed by atoms with Crippen molar-refractivity contribution in [1.29, 1.82) is 0 Å². The highest BCUT2D eigenvalue weighted by molar-refractivity contribution is 6.30. The molecular weight excluding hydrogens is 314 g/mol. The molecule has 0 aliphatic heterocycles. The molecule has 0 saturated carbocycles. The number of rotatable bonds is 6. The van der Waals surface area contributed by atoms with Crippen LogP contribution >= 0.6 is 11.6 Å². The first kappa shape index (κ1) is 15.4. The van der Waals surface area contributed by atoms with Gasteiger partial charge in [0.15, 0.2) is 11.5 Å². The molecule has 0 unspecified atom stereocenters. The number of aromatic nitrogens is 2. The van der Waals surface area contributed by atoms with Crippen LogP contribution in [0, 0.1) is 0 Å². The van der Waals surface area contributed by atoms with E-state index in [9.17, 15) is 4.79 Å². The lowest BCUT2D eigenvalue weighted by Crippen LogP contribution is -2.25. The molecule has 0 radical (unpaired) electrons. The number of nitrogens with one attached hydrogen (secondary N) is 1. The summed E-state index contributed by atoms with van der Waals surface area (Å²) < 4.78 is 7.29. The zero-order valence-corrected chi connectivity index (χ0v) is 13.2. The van der Waals surface area contributed by atoms with Gasteiger partial charge >= 0.3 is 0 Å².